The van der Waals surface area contributed by atoms with Gasteiger partial charge in [0.1, 0.15) is 5.60 Å². The van der Waals surface area contributed by atoms with Crippen LogP contribution in [0, 0.1) is 0 Å². The van der Waals surface area contributed by atoms with Crippen molar-refractivity contribution in [2.45, 2.75) is 19.0 Å². The zero-order valence-electron chi connectivity index (χ0n) is 8.37. The van der Waals surface area contributed by atoms with Crippen LogP contribution < -0.4 is 4.74 Å². The Balaban J connectivity index is 3.16. The van der Waals surface area contributed by atoms with Crippen molar-refractivity contribution in [1.82, 2.24) is 0 Å². The number of halogens is 2. The predicted molar refractivity (Wildman–Crippen MR) is 50.2 cm³/mol. The van der Waals surface area contributed by atoms with Gasteiger partial charge in [0, 0.05) is 0 Å². The Labute approximate surface area is 85.9 Å². The van der Waals surface area contributed by atoms with E-state index < -0.39 is 12.0 Å². The van der Waals surface area contributed by atoms with Crippen LogP contribution in [0.1, 0.15) is 12.5 Å². The first kappa shape index (κ1) is 11.7. The summed E-state index contributed by atoms with van der Waals surface area (Å²) in [5.74, 6) is -0.111. The molecule has 1 unspecified atom stereocenters. The van der Waals surface area contributed by atoms with E-state index in [0.717, 1.165) is 6.92 Å². The zero-order chi connectivity index (χ0) is 11.6. The van der Waals surface area contributed by atoms with E-state index in [1.165, 1.54) is 25.3 Å². The lowest BCUT2D eigenvalue weighted by atomic mass is 9.96. The fourth-order valence-corrected chi connectivity index (χ4v) is 1.12. The SMILES string of the molecule is COc1cc(C(C)(O)C(F)F)ccc1O. The number of benzene rings is 1. The monoisotopic (exact) mass is 218 g/mol. The van der Waals surface area contributed by atoms with E-state index in [0.29, 0.717) is 0 Å². The molecule has 0 fully saturated rings. The Morgan fingerprint density at radius 3 is 2.47 bits per heavy atom. The molecule has 0 aliphatic heterocycles. The number of phenols is 1. The van der Waals surface area contributed by atoms with Crippen LogP contribution >= 0.6 is 0 Å². The summed E-state index contributed by atoms with van der Waals surface area (Å²) < 4.78 is 29.7. The molecular formula is C10H12F2O3. The smallest absolute Gasteiger partial charge is 0.270 e. The molecule has 1 atom stereocenters. The van der Waals surface area contributed by atoms with Gasteiger partial charge in [-0.25, -0.2) is 8.78 Å². The molecule has 0 saturated heterocycles. The largest absolute Gasteiger partial charge is 0.504 e. The highest BCUT2D eigenvalue weighted by Gasteiger charge is 2.34. The molecule has 1 rings (SSSR count). The minimum absolute atomic E-state index is 0.00727. The normalized spacial score (nSPS) is 15.1. The Bertz CT molecular complexity index is 351. The zero-order valence-corrected chi connectivity index (χ0v) is 8.37. The van der Waals surface area contributed by atoms with Crippen LogP contribution in [0.2, 0.25) is 0 Å². The van der Waals surface area contributed by atoms with Crippen molar-refractivity contribution in [3.8, 4) is 11.5 Å². The van der Waals surface area contributed by atoms with Crippen molar-refractivity contribution >= 4 is 0 Å². The third-order valence-corrected chi connectivity index (χ3v) is 2.19. The Kier molecular flexibility index (Phi) is 3.14. The molecule has 5 heteroatoms. The lowest BCUT2D eigenvalue weighted by molar-refractivity contribution is -0.0884. The predicted octanol–water partition coefficient (Wildman–Crippen LogP) is 1.87. The van der Waals surface area contributed by atoms with Gasteiger partial charge in [0.2, 0.25) is 0 Å². The summed E-state index contributed by atoms with van der Waals surface area (Å²) in [7, 11) is 1.30. The molecule has 0 amide bonds. The second-order valence-electron chi connectivity index (χ2n) is 3.33. The number of phenolic OH excluding ortho intramolecular Hbond substituents is 1. The molecule has 0 aliphatic carbocycles. The van der Waals surface area contributed by atoms with E-state index in [-0.39, 0.29) is 17.1 Å². The summed E-state index contributed by atoms with van der Waals surface area (Å²) in [6.45, 7) is 1.00. The van der Waals surface area contributed by atoms with E-state index in [2.05, 4.69) is 0 Å². The summed E-state index contributed by atoms with van der Waals surface area (Å²) >= 11 is 0. The first-order valence-corrected chi connectivity index (χ1v) is 4.27. The Morgan fingerprint density at radius 2 is 2.00 bits per heavy atom. The van der Waals surface area contributed by atoms with Crippen LogP contribution in [0.4, 0.5) is 8.78 Å². The molecular weight excluding hydrogens is 206 g/mol. The number of aromatic hydroxyl groups is 1. The second kappa shape index (κ2) is 4.02. The molecule has 0 aromatic heterocycles. The van der Waals surface area contributed by atoms with Crippen molar-refractivity contribution in [2.75, 3.05) is 7.11 Å². The maximum atomic E-state index is 12.5. The standard InChI is InChI=1S/C10H12F2O3/c1-10(14,9(11)12)6-3-4-7(13)8(5-6)15-2/h3-5,9,13-14H,1-2H3. The van der Waals surface area contributed by atoms with Gasteiger partial charge in [-0.3, -0.25) is 0 Å². The lowest BCUT2D eigenvalue weighted by Gasteiger charge is -2.23. The van der Waals surface area contributed by atoms with Gasteiger partial charge < -0.3 is 14.9 Å². The van der Waals surface area contributed by atoms with Gasteiger partial charge in [-0.2, -0.15) is 0 Å². The number of hydrogen-bond acceptors (Lipinski definition) is 3. The van der Waals surface area contributed by atoms with E-state index in [9.17, 15) is 19.0 Å². The molecule has 1 aromatic carbocycles. The van der Waals surface area contributed by atoms with Gasteiger partial charge in [0.25, 0.3) is 6.43 Å². The van der Waals surface area contributed by atoms with E-state index in [4.69, 9.17) is 4.74 Å². The second-order valence-corrected chi connectivity index (χ2v) is 3.33. The van der Waals surface area contributed by atoms with E-state index in [1.807, 2.05) is 0 Å². The van der Waals surface area contributed by atoms with Crippen molar-refractivity contribution in [1.29, 1.82) is 0 Å². The topological polar surface area (TPSA) is 49.7 Å². The Morgan fingerprint density at radius 1 is 1.40 bits per heavy atom. The molecule has 0 heterocycles. The van der Waals surface area contributed by atoms with Gasteiger partial charge in [-0.1, -0.05) is 6.07 Å². The molecule has 1 aromatic rings. The van der Waals surface area contributed by atoms with Crippen LogP contribution in [-0.2, 0) is 5.60 Å². The first-order valence-electron chi connectivity index (χ1n) is 4.27. The average Bonchev–Trinajstić information content (AvgIpc) is 2.18. The Hall–Kier alpha value is -1.36. The van der Waals surface area contributed by atoms with Crippen LogP contribution in [-0.4, -0.2) is 23.7 Å². The maximum Gasteiger partial charge on any atom is 0.270 e. The highest BCUT2D eigenvalue weighted by molar-refractivity contribution is 5.43. The van der Waals surface area contributed by atoms with Gasteiger partial charge >= 0.3 is 0 Å². The third-order valence-electron chi connectivity index (χ3n) is 2.19. The minimum atomic E-state index is -2.91. The summed E-state index contributed by atoms with van der Waals surface area (Å²) in [6, 6.07) is 3.61. The maximum absolute atomic E-state index is 12.5. The van der Waals surface area contributed by atoms with Crippen molar-refractivity contribution in [3.63, 3.8) is 0 Å². The first-order chi connectivity index (χ1) is 6.89. The van der Waals surface area contributed by atoms with Gasteiger partial charge in [-0.15, -0.1) is 0 Å². The average molecular weight is 218 g/mol. The van der Waals surface area contributed by atoms with E-state index >= 15 is 0 Å². The fraction of sp³-hybridized carbons (Fsp3) is 0.400. The lowest BCUT2D eigenvalue weighted by Crippen LogP contribution is -2.30. The fourth-order valence-electron chi connectivity index (χ4n) is 1.12. The summed E-state index contributed by atoms with van der Waals surface area (Å²) in [4.78, 5) is 0. The molecule has 2 N–H and O–H groups in total. The van der Waals surface area contributed by atoms with Crippen LogP contribution in [0.5, 0.6) is 11.5 Å². The quantitative estimate of drug-likeness (QED) is 0.814. The van der Waals surface area contributed by atoms with Crippen molar-refractivity contribution in [2.24, 2.45) is 0 Å². The highest BCUT2D eigenvalue weighted by Crippen LogP contribution is 2.34. The molecule has 84 valence electrons. The minimum Gasteiger partial charge on any atom is -0.504 e. The molecule has 0 bridgehead atoms. The molecule has 0 aliphatic rings. The molecule has 3 nitrogen and oxygen atoms in total. The third kappa shape index (κ3) is 2.18. The van der Waals surface area contributed by atoms with Gasteiger partial charge in [0.05, 0.1) is 7.11 Å². The van der Waals surface area contributed by atoms with Crippen molar-refractivity contribution < 1.29 is 23.7 Å². The molecule has 15 heavy (non-hydrogen) atoms. The molecule has 0 radical (unpaired) electrons. The summed E-state index contributed by atoms with van der Waals surface area (Å²) in [5, 5.41) is 18.7. The summed E-state index contributed by atoms with van der Waals surface area (Å²) in [5.41, 5.74) is -2.26. The van der Waals surface area contributed by atoms with Gasteiger partial charge in [-0.05, 0) is 24.6 Å². The highest BCUT2D eigenvalue weighted by atomic mass is 19.3. The number of alkyl halides is 2. The number of ether oxygens (including phenoxy) is 1. The number of rotatable bonds is 3. The van der Waals surface area contributed by atoms with Gasteiger partial charge in [0.15, 0.2) is 11.5 Å². The number of methoxy groups -OCH3 is 1. The van der Waals surface area contributed by atoms with Crippen LogP contribution in [0.25, 0.3) is 0 Å². The molecule has 0 saturated carbocycles. The summed E-state index contributed by atoms with van der Waals surface area (Å²) in [6.07, 6.45) is -2.91. The van der Waals surface area contributed by atoms with Crippen molar-refractivity contribution in [3.05, 3.63) is 23.8 Å². The van der Waals surface area contributed by atoms with E-state index in [1.54, 1.807) is 0 Å². The van der Waals surface area contributed by atoms with Crippen LogP contribution in [0.15, 0.2) is 18.2 Å². The number of hydrogen-bond donors (Lipinski definition) is 2. The molecule has 0 spiro atoms. The number of aliphatic hydroxyl groups is 1. The van der Waals surface area contributed by atoms with Crippen LogP contribution in [0.3, 0.4) is 0 Å².